The minimum Gasteiger partial charge on any atom is -0.379 e. The van der Waals surface area contributed by atoms with Gasteiger partial charge in [0.25, 0.3) is 10.2 Å². The van der Waals surface area contributed by atoms with Crippen molar-refractivity contribution in [2.45, 2.75) is 19.3 Å². The largest absolute Gasteiger partial charge is 0.379 e. The number of aromatic nitrogens is 2. The van der Waals surface area contributed by atoms with Gasteiger partial charge in [0.1, 0.15) is 5.82 Å². The molecule has 112 valence electrons. The van der Waals surface area contributed by atoms with Gasteiger partial charge in [-0.05, 0) is 13.3 Å². The summed E-state index contributed by atoms with van der Waals surface area (Å²) in [6, 6.07) is 0. The summed E-state index contributed by atoms with van der Waals surface area (Å²) in [5.41, 5.74) is 1.01. The molecule has 0 bridgehead atoms. The van der Waals surface area contributed by atoms with E-state index in [0.717, 1.165) is 17.9 Å². The lowest BCUT2D eigenvalue weighted by Gasteiger charge is -2.30. The third-order valence-corrected chi connectivity index (χ3v) is 5.88. The molecule has 8 heteroatoms. The summed E-state index contributed by atoms with van der Waals surface area (Å²) in [6.45, 7) is 4.87. The van der Waals surface area contributed by atoms with Gasteiger partial charge in [-0.15, -0.1) is 0 Å². The molecule has 0 radical (unpaired) electrons. The molecule has 1 atom stereocenters. The summed E-state index contributed by atoms with van der Waals surface area (Å²) in [5.74, 6) is 1.06. The predicted molar refractivity (Wildman–Crippen MR) is 73.6 cm³/mol. The SMILES string of the molecule is Cc1cnc([C@H]2CCN(S(=O)(=O)N3CCOCC3)C2)[nH]1. The van der Waals surface area contributed by atoms with Crippen molar-refractivity contribution < 1.29 is 13.2 Å². The molecule has 1 aromatic heterocycles. The number of hydrogen-bond donors (Lipinski definition) is 1. The highest BCUT2D eigenvalue weighted by Gasteiger charge is 2.37. The van der Waals surface area contributed by atoms with Gasteiger partial charge in [0.2, 0.25) is 0 Å². The van der Waals surface area contributed by atoms with Crippen LogP contribution in [0.15, 0.2) is 6.20 Å². The second kappa shape index (κ2) is 5.44. The molecule has 0 spiro atoms. The fraction of sp³-hybridized carbons (Fsp3) is 0.750. The van der Waals surface area contributed by atoms with Gasteiger partial charge < -0.3 is 9.72 Å². The molecule has 1 aromatic rings. The minimum atomic E-state index is -3.35. The lowest BCUT2D eigenvalue weighted by atomic mass is 10.1. The van der Waals surface area contributed by atoms with Crippen molar-refractivity contribution in [2.24, 2.45) is 0 Å². The minimum absolute atomic E-state index is 0.166. The van der Waals surface area contributed by atoms with E-state index in [2.05, 4.69) is 9.97 Å². The van der Waals surface area contributed by atoms with Crippen LogP contribution in [0.3, 0.4) is 0 Å². The van der Waals surface area contributed by atoms with E-state index < -0.39 is 10.2 Å². The molecule has 0 aromatic carbocycles. The lowest BCUT2D eigenvalue weighted by molar-refractivity contribution is 0.0705. The van der Waals surface area contributed by atoms with Crippen LogP contribution >= 0.6 is 0 Å². The predicted octanol–water partition coefficient (Wildman–Crippen LogP) is 0.0844. The van der Waals surface area contributed by atoms with Gasteiger partial charge in [-0.25, -0.2) is 4.98 Å². The summed E-state index contributed by atoms with van der Waals surface area (Å²) < 4.78 is 33.4. The van der Waals surface area contributed by atoms with E-state index in [1.54, 1.807) is 10.5 Å². The van der Waals surface area contributed by atoms with Gasteiger partial charge in [0.15, 0.2) is 0 Å². The summed E-state index contributed by atoms with van der Waals surface area (Å²) in [5, 5.41) is 0. The van der Waals surface area contributed by atoms with Gasteiger partial charge in [0, 0.05) is 44.0 Å². The number of aromatic amines is 1. The number of aryl methyl sites for hydroxylation is 1. The van der Waals surface area contributed by atoms with Gasteiger partial charge in [-0.2, -0.15) is 17.0 Å². The van der Waals surface area contributed by atoms with Crippen LogP contribution in [0.1, 0.15) is 23.9 Å². The maximum atomic E-state index is 12.5. The molecule has 0 unspecified atom stereocenters. The first kappa shape index (κ1) is 14.0. The summed E-state index contributed by atoms with van der Waals surface area (Å²) in [6.07, 6.45) is 2.60. The summed E-state index contributed by atoms with van der Waals surface area (Å²) >= 11 is 0. The van der Waals surface area contributed by atoms with Crippen LogP contribution in [0.2, 0.25) is 0 Å². The molecule has 2 fully saturated rings. The van der Waals surface area contributed by atoms with E-state index in [0.29, 0.717) is 39.4 Å². The quantitative estimate of drug-likeness (QED) is 0.858. The Hall–Kier alpha value is -0.960. The Balaban J connectivity index is 1.69. The fourth-order valence-corrected chi connectivity index (χ4v) is 4.38. The molecule has 1 N–H and O–H groups in total. The molecule has 20 heavy (non-hydrogen) atoms. The van der Waals surface area contributed by atoms with Crippen molar-refractivity contribution in [3.8, 4) is 0 Å². The normalized spacial score (nSPS) is 26.1. The zero-order chi connectivity index (χ0) is 14.2. The molecule has 2 aliphatic heterocycles. The monoisotopic (exact) mass is 300 g/mol. The number of H-pyrrole nitrogens is 1. The fourth-order valence-electron chi connectivity index (χ4n) is 2.74. The zero-order valence-corrected chi connectivity index (χ0v) is 12.4. The second-order valence-electron chi connectivity index (χ2n) is 5.31. The molecule has 3 rings (SSSR count). The van der Waals surface area contributed by atoms with Crippen molar-refractivity contribution in [3.63, 3.8) is 0 Å². The first-order chi connectivity index (χ1) is 9.57. The van der Waals surface area contributed by atoms with Crippen LogP contribution in [0.5, 0.6) is 0 Å². The van der Waals surface area contributed by atoms with Gasteiger partial charge in [-0.1, -0.05) is 0 Å². The van der Waals surface area contributed by atoms with E-state index in [1.165, 1.54) is 4.31 Å². The van der Waals surface area contributed by atoms with Crippen molar-refractivity contribution in [3.05, 3.63) is 17.7 Å². The molecular formula is C12H20N4O3S. The van der Waals surface area contributed by atoms with Crippen molar-refractivity contribution in [1.82, 2.24) is 18.6 Å². The molecule has 0 saturated carbocycles. The van der Waals surface area contributed by atoms with Crippen LogP contribution in [0.25, 0.3) is 0 Å². The van der Waals surface area contributed by atoms with Crippen LogP contribution in [0.4, 0.5) is 0 Å². The van der Waals surface area contributed by atoms with Crippen LogP contribution < -0.4 is 0 Å². The average Bonchev–Trinajstić information content (AvgIpc) is 3.08. The first-order valence-electron chi connectivity index (χ1n) is 6.92. The van der Waals surface area contributed by atoms with Crippen LogP contribution in [-0.4, -0.2) is 66.4 Å². The second-order valence-corrected chi connectivity index (χ2v) is 7.24. The van der Waals surface area contributed by atoms with E-state index in [1.807, 2.05) is 6.92 Å². The number of imidazole rings is 1. The Morgan fingerprint density at radius 1 is 1.30 bits per heavy atom. The standard InChI is InChI=1S/C12H20N4O3S/c1-10-8-13-12(14-10)11-2-3-16(9-11)20(17,18)15-4-6-19-7-5-15/h8,11H,2-7,9H2,1H3,(H,13,14)/t11-/m0/s1. The van der Waals surface area contributed by atoms with Crippen molar-refractivity contribution in [1.29, 1.82) is 0 Å². The Morgan fingerprint density at radius 2 is 2.05 bits per heavy atom. The Kier molecular flexibility index (Phi) is 3.80. The van der Waals surface area contributed by atoms with Crippen LogP contribution in [0, 0.1) is 6.92 Å². The smallest absolute Gasteiger partial charge is 0.282 e. The van der Waals surface area contributed by atoms with E-state index >= 15 is 0 Å². The van der Waals surface area contributed by atoms with E-state index in [9.17, 15) is 8.42 Å². The Labute approximate surface area is 119 Å². The number of hydrogen-bond acceptors (Lipinski definition) is 4. The summed E-state index contributed by atoms with van der Waals surface area (Å²) in [4.78, 5) is 7.52. The highest BCUT2D eigenvalue weighted by Crippen LogP contribution is 2.28. The molecule has 7 nitrogen and oxygen atoms in total. The highest BCUT2D eigenvalue weighted by atomic mass is 32.2. The number of rotatable bonds is 3. The highest BCUT2D eigenvalue weighted by molar-refractivity contribution is 7.86. The zero-order valence-electron chi connectivity index (χ0n) is 11.6. The number of ether oxygens (including phenoxy) is 1. The average molecular weight is 300 g/mol. The number of morpholine rings is 1. The molecule has 2 saturated heterocycles. The third kappa shape index (κ3) is 2.60. The Morgan fingerprint density at radius 3 is 2.70 bits per heavy atom. The van der Waals surface area contributed by atoms with E-state index in [-0.39, 0.29) is 5.92 Å². The molecule has 0 amide bonds. The van der Waals surface area contributed by atoms with Gasteiger partial charge >= 0.3 is 0 Å². The van der Waals surface area contributed by atoms with Crippen LogP contribution in [-0.2, 0) is 14.9 Å². The Bertz CT molecular complexity index is 565. The lowest BCUT2D eigenvalue weighted by Crippen LogP contribution is -2.47. The first-order valence-corrected chi connectivity index (χ1v) is 8.31. The maximum Gasteiger partial charge on any atom is 0.282 e. The van der Waals surface area contributed by atoms with Gasteiger partial charge in [0.05, 0.1) is 13.2 Å². The number of nitrogens with one attached hydrogen (secondary N) is 1. The third-order valence-electron chi connectivity index (χ3n) is 3.88. The molecule has 3 heterocycles. The van der Waals surface area contributed by atoms with Gasteiger partial charge in [-0.3, -0.25) is 0 Å². The van der Waals surface area contributed by atoms with Crippen molar-refractivity contribution >= 4 is 10.2 Å². The van der Waals surface area contributed by atoms with Crippen molar-refractivity contribution in [2.75, 3.05) is 39.4 Å². The summed E-state index contributed by atoms with van der Waals surface area (Å²) in [7, 11) is -3.35. The molecular weight excluding hydrogens is 280 g/mol. The maximum absolute atomic E-state index is 12.5. The van der Waals surface area contributed by atoms with E-state index in [4.69, 9.17) is 4.74 Å². The molecule has 0 aliphatic carbocycles. The topological polar surface area (TPSA) is 78.5 Å². The molecule has 2 aliphatic rings. The number of nitrogens with zero attached hydrogens (tertiary/aromatic N) is 3.